The molecular formula is C16H25ClN2OS. The first kappa shape index (κ1) is 16.9. The second-order valence-corrected chi connectivity index (χ2v) is 7.31. The third-order valence-corrected chi connectivity index (χ3v) is 5.76. The molecule has 2 rings (SSSR count). The smallest absolute Gasteiger partial charge is 0.0587 e. The minimum Gasteiger partial charge on any atom is -0.383 e. The Balaban J connectivity index is 2.16. The first-order valence-corrected chi connectivity index (χ1v) is 8.93. The van der Waals surface area contributed by atoms with Gasteiger partial charge in [0.2, 0.25) is 0 Å². The van der Waals surface area contributed by atoms with Gasteiger partial charge in [0.15, 0.2) is 0 Å². The van der Waals surface area contributed by atoms with E-state index in [0.717, 1.165) is 24.7 Å². The van der Waals surface area contributed by atoms with E-state index in [1.54, 1.807) is 7.11 Å². The van der Waals surface area contributed by atoms with Crippen LogP contribution in [0.4, 0.5) is 5.69 Å². The normalized spacial score (nSPS) is 22.6. The highest BCUT2D eigenvalue weighted by Gasteiger charge is 2.27. The van der Waals surface area contributed by atoms with E-state index in [4.69, 9.17) is 16.3 Å². The molecular weight excluding hydrogens is 304 g/mol. The molecule has 0 spiro atoms. The summed E-state index contributed by atoms with van der Waals surface area (Å²) >= 11 is 8.49. The first-order chi connectivity index (χ1) is 10.1. The summed E-state index contributed by atoms with van der Waals surface area (Å²) in [5.74, 6) is 1.18. The Hall–Kier alpha value is -0.420. The number of nitrogens with one attached hydrogen (secondary N) is 1. The van der Waals surface area contributed by atoms with Crippen molar-refractivity contribution in [1.82, 2.24) is 5.32 Å². The minimum atomic E-state index is 0.528. The van der Waals surface area contributed by atoms with Crippen LogP contribution >= 0.6 is 23.4 Å². The van der Waals surface area contributed by atoms with Crippen molar-refractivity contribution in [3.8, 4) is 0 Å². The van der Waals surface area contributed by atoms with Crippen LogP contribution in [0.25, 0.3) is 0 Å². The SMILES string of the molecule is COCCNCc1c(Cl)cccc1N1CCSC(C)C1C. The maximum absolute atomic E-state index is 6.44. The summed E-state index contributed by atoms with van der Waals surface area (Å²) in [6, 6.07) is 6.75. The highest BCUT2D eigenvalue weighted by atomic mass is 35.5. The molecule has 118 valence electrons. The number of benzene rings is 1. The van der Waals surface area contributed by atoms with Crippen LogP contribution in [0.3, 0.4) is 0 Å². The van der Waals surface area contributed by atoms with Crippen LogP contribution in [-0.4, -0.2) is 43.9 Å². The lowest BCUT2D eigenvalue weighted by atomic mass is 10.1. The van der Waals surface area contributed by atoms with Gasteiger partial charge in [0, 0.05) is 60.1 Å². The number of nitrogens with zero attached hydrogens (tertiary/aromatic N) is 1. The summed E-state index contributed by atoms with van der Waals surface area (Å²) in [6.45, 7) is 8.03. The van der Waals surface area contributed by atoms with Crippen molar-refractivity contribution in [2.24, 2.45) is 0 Å². The molecule has 3 nitrogen and oxygen atoms in total. The summed E-state index contributed by atoms with van der Waals surface area (Å²) in [4.78, 5) is 2.50. The van der Waals surface area contributed by atoms with Crippen molar-refractivity contribution in [2.75, 3.05) is 37.5 Å². The van der Waals surface area contributed by atoms with Crippen LogP contribution in [0.15, 0.2) is 18.2 Å². The van der Waals surface area contributed by atoms with Crippen molar-refractivity contribution in [3.63, 3.8) is 0 Å². The number of methoxy groups -OCH3 is 1. The fourth-order valence-electron chi connectivity index (χ4n) is 2.65. The highest BCUT2D eigenvalue weighted by Crippen LogP contribution is 2.34. The molecule has 0 saturated carbocycles. The van der Waals surface area contributed by atoms with Gasteiger partial charge in [0.1, 0.15) is 0 Å². The molecule has 21 heavy (non-hydrogen) atoms. The van der Waals surface area contributed by atoms with E-state index in [1.807, 2.05) is 6.07 Å². The molecule has 2 atom stereocenters. The summed E-state index contributed by atoms with van der Waals surface area (Å²) in [7, 11) is 1.72. The van der Waals surface area contributed by atoms with E-state index in [1.165, 1.54) is 17.0 Å². The predicted octanol–water partition coefficient (Wildman–Crippen LogP) is 3.41. The highest BCUT2D eigenvalue weighted by molar-refractivity contribution is 8.00. The predicted molar refractivity (Wildman–Crippen MR) is 93.8 cm³/mol. The van der Waals surface area contributed by atoms with Gasteiger partial charge in [-0.05, 0) is 19.1 Å². The van der Waals surface area contributed by atoms with E-state index < -0.39 is 0 Å². The lowest BCUT2D eigenvalue weighted by molar-refractivity contribution is 0.199. The number of hydrogen-bond acceptors (Lipinski definition) is 4. The van der Waals surface area contributed by atoms with Crippen molar-refractivity contribution >= 4 is 29.1 Å². The number of ether oxygens (including phenoxy) is 1. The Morgan fingerprint density at radius 3 is 3.00 bits per heavy atom. The Morgan fingerprint density at radius 1 is 1.43 bits per heavy atom. The summed E-state index contributed by atoms with van der Waals surface area (Å²) in [5.41, 5.74) is 2.47. The zero-order valence-electron chi connectivity index (χ0n) is 13.1. The van der Waals surface area contributed by atoms with Gasteiger partial charge in [-0.3, -0.25) is 0 Å². The minimum absolute atomic E-state index is 0.528. The summed E-state index contributed by atoms with van der Waals surface area (Å²) < 4.78 is 5.08. The average molecular weight is 329 g/mol. The Kier molecular flexibility index (Phi) is 6.68. The molecule has 1 N–H and O–H groups in total. The van der Waals surface area contributed by atoms with Crippen LogP contribution in [0.1, 0.15) is 19.4 Å². The van der Waals surface area contributed by atoms with Crippen molar-refractivity contribution in [3.05, 3.63) is 28.8 Å². The average Bonchev–Trinajstić information content (AvgIpc) is 2.48. The lowest BCUT2D eigenvalue weighted by Gasteiger charge is -2.40. The van der Waals surface area contributed by atoms with Crippen molar-refractivity contribution in [1.29, 1.82) is 0 Å². The van der Waals surface area contributed by atoms with E-state index >= 15 is 0 Å². The zero-order chi connectivity index (χ0) is 15.2. The van der Waals surface area contributed by atoms with Gasteiger partial charge in [-0.15, -0.1) is 0 Å². The van der Waals surface area contributed by atoms with E-state index in [2.05, 4.69) is 48.0 Å². The quantitative estimate of drug-likeness (QED) is 0.809. The Bertz CT molecular complexity index is 458. The van der Waals surface area contributed by atoms with Crippen LogP contribution in [0.5, 0.6) is 0 Å². The van der Waals surface area contributed by atoms with Crippen molar-refractivity contribution in [2.45, 2.75) is 31.7 Å². The summed E-state index contributed by atoms with van der Waals surface area (Å²) in [5, 5.41) is 4.90. The van der Waals surface area contributed by atoms with E-state index in [0.29, 0.717) is 17.9 Å². The molecule has 1 aromatic carbocycles. The fourth-order valence-corrected chi connectivity index (χ4v) is 3.99. The number of halogens is 1. The van der Waals surface area contributed by atoms with Gasteiger partial charge < -0.3 is 15.0 Å². The molecule has 0 amide bonds. The third kappa shape index (κ3) is 4.28. The standard InChI is InChI=1S/C16H25ClN2OS/c1-12-13(2)21-10-8-19(12)16-6-4-5-15(17)14(16)11-18-7-9-20-3/h4-6,12-13,18H,7-11H2,1-3H3. The second kappa shape index (κ2) is 8.28. The van der Waals surface area contributed by atoms with Crippen LogP contribution in [0.2, 0.25) is 5.02 Å². The lowest BCUT2D eigenvalue weighted by Crippen LogP contribution is -2.45. The van der Waals surface area contributed by atoms with Gasteiger partial charge in [0.25, 0.3) is 0 Å². The molecule has 1 fully saturated rings. The molecule has 1 heterocycles. The Labute approximate surface area is 137 Å². The number of thioether (sulfide) groups is 1. The van der Waals surface area contributed by atoms with Gasteiger partial charge in [-0.1, -0.05) is 24.6 Å². The van der Waals surface area contributed by atoms with E-state index in [-0.39, 0.29) is 0 Å². The molecule has 5 heteroatoms. The molecule has 2 unspecified atom stereocenters. The molecule has 1 aromatic rings. The molecule has 0 aromatic heterocycles. The maximum Gasteiger partial charge on any atom is 0.0587 e. The Morgan fingerprint density at radius 2 is 2.24 bits per heavy atom. The maximum atomic E-state index is 6.44. The monoisotopic (exact) mass is 328 g/mol. The molecule has 0 aliphatic carbocycles. The second-order valence-electron chi connectivity index (χ2n) is 5.42. The van der Waals surface area contributed by atoms with Crippen molar-refractivity contribution < 1.29 is 4.74 Å². The first-order valence-electron chi connectivity index (χ1n) is 7.50. The fraction of sp³-hybridized carbons (Fsp3) is 0.625. The molecule has 0 radical (unpaired) electrons. The zero-order valence-corrected chi connectivity index (χ0v) is 14.6. The van der Waals surface area contributed by atoms with E-state index in [9.17, 15) is 0 Å². The van der Waals surface area contributed by atoms with Crippen LogP contribution in [-0.2, 0) is 11.3 Å². The van der Waals surface area contributed by atoms with Crippen LogP contribution in [0, 0.1) is 0 Å². The van der Waals surface area contributed by atoms with Crippen LogP contribution < -0.4 is 10.2 Å². The van der Waals surface area contributed by atoms with Gasteiger partial charge in [-0.25, -0.2) is 0 Å². The molecule has 1 saturated heterocycles. The number of hydrogen-bond donors (Lipinski definition) is 1. The largest absolute Gasteiger partial charge is 0.383 e. The summed E-state index contributed by atoms with van der Waals surface area (Å²) in [6.07, 6.45) is 0. The molecule has 0 bridgehead atoms. The number of rotatable bonds is 6. The number of anilines is 1. The topological polar surface area (TPSA) is 24.5 Å². The molecule has 1 aliphatic heterocycles. The van der Waals surface area contributed by atoms with Gasteiger partial charge in [0.05, 0.1) is 6.61 Å². The molecule has 1 aliphatic rings. The third-order valence-electron chi connectivity index (χ3n) is 4.07. The van der Waals surface area contributed by atoms with Gasteiger partial charge in [-0.2, -0.15) is 11.8 Å². The van der Waals surface area contributed by atoms with Gasteiger partial charge >= 0.3 is 0 Å².